The molecule has 0 saturated carbocycles. The van der Waals surface area contributed by atoms with Gasteiger partial charge in [0.1, 0.15) is 0 Å². The van der Waals surface area contributed by atoms with Gasteiger partial charge in [0, 0.05) is 0 Å². The Hall–Kier alpha value is -1.38. The fraction of sp³-hybridized carbons (Fsp3) is 0.952. The Labute approximate surface area is 329 Å². The summed E-state index contributed by atoms with van der Waals surface area (Å²) in [6, 6.07) is 0. The fourth-order valence-electron chi connectivity index (χ4n) is 5.28. The first kappa shape index (κ1) is 52.6. The molecule has 322 valence electrons. The van der Waals surface area contributed by atoms with Gasteiger partial charge >= 0.3 is 11.9 Å². The average molecular weight is 779 g/mol. The van der Waals surface area contributed by atoms with Crippen LogP contribution < -0.4 is 0 Å². The first-order chi connectivity index (χ1) is 26.2. The molecule has 54 heavy (non-hydrogen) atoms. The van der Waals surface area contributed by atoms with Crippen molar-refractivity contribution >= 4 is 11.9 Å². The van der Waals surface area contributed by atoms with Crippen LogP contribution in [0.2, 0.25) is 0 Å². The van der Waals surface area contributed by atoms with Crippen LogP contribution in [-0.4, -0.2) is 89.3 Å². The van der Waals surface area contributed by atoms with Crippen LogP contribution in [0.3, 0.4) is 0 Å². The van der Waals surface area contributed by atoms with Crippen molar-refractivity contribution in [3.05, 3.63) is 0 Å². The third-order valence-electron chi connectivity index (χ3n) is 8.15. The molecule has 0 aliphatic carbocycles. The molecule has 0 bridgehead atoms. The van der Waals surface area contributed by atoms with E-state index >= 15 is 0 Å². The molecule has 0 amide bonds. The zero-order valence-electron chi connectivity index (χ0n) is 35.9. The van der Waals surface area contributed by atoms with Crippen LogP contribution in [0.4, 0.5) is 0 Å². The van der Waals surface area contributed by atoms with Gasteiger partial charge in [0.15, 0.2) is 0 Å². The average Bonchev–Trinajstić information content (AvgIpc) is 3.17. The lowest BCUT2D eigenvalue weighted by atomic mass is 10.2. The molecule has 12 heteroatoms. The molecule has 0 saturated heterocycles. The van der Waals surface area contributed by atoms with Crippen molar-refractivity contribution < 1.29 is 57.0 Å². The molecule has 12 nitrogen and oxygen atoms in total. The van der Waals surface area contributed by atoms with Crippen molar-refractivity contribution in [2.24, 2.45) is 0 Å². The minimum atomic E-state index is -1.43. The van der Waals surface area contributed by atoms with E-state index in [4.69, 9.17) is 47.4 Å². The molecule has 0 radical (unpaired) electrons. The second-order valence-electron chi connectivity index (χ2n) is 13.8. The van der Waals surface area contributed by atoms with Crippen LogP contribution in [0.1, 0.15) is 184 Å². The van der Waals surface area contributed by atoms with Gasteiger partial charge in [0.25, 0.3) is 11.9 Å². The van der Waals surface area contributed by atoms with E-state index in [2.05, 4.69) is 13.8 Å². The molecule has 0 heterocycles. The molecule has 0 aliphatic rings. The Morgan fingerprint density at radius 1 is 0.370 bits per heavy atom. The standard InChI is InChI=1S/C42H82O12/c1-9-17-19-21-23-33-45-39(35-41(47-27-11-3,48-28-12-4)49-29-13-5)53-37(43)25-26-38(44)54-40(46-34-24-22-20-18-10-2)36-42(50-30-14-6,51-31-15-7)52-32-16-8/h39-40H,9-36H2,1-8H3. The summed E-state index contributed by atoms with van der Waals surface area (Å²) >= 11 is 0. The molecule has 0 spiro atoms. The number of carbonyl (C=O) groups is 2. The highest BCUT2D eigenvalue weighted by molar-refractivity contribution is 5.77. The van der Waals surface area contributed by atoms with Crippen molar-refractivity contribution in [1.82, 2.24) is 0 Å². The highest BCUT2D eigenvalue weighted by atomic mass is 16.9. The number of unbranched alkanes of at least 4 members (excludes halogenated alkanes) is 8. The summed E-state index contributed by atoms with van der Waals surface area (Å²) in [7, 11) is 0. The molecular weight excluding hydrogens is 696 g/mol. The number of hydrogen-bond acceptors (Lipinski definition) is 12. The second kappa shape index (κ2) is 36.0. The predicted molar refractivity (Wildman–Crippen MR) is 211 cm³/mol. The lowest BCUT2D eigenvalue weighted by molar-refractivity contribution is -0.398. The smallest absolute Gasteiger partial charge is 0.308 e. The van der Waals surface area contributed by atoms with Crippen molar-refractivity contribution in [3.63, 3.8) is 0 Å². The second-order valence-corrected chi connectivity index (χ2v) is 13.8. The minimum absolute atomic E-state index is 0.0294. The summed E-state index contributed by atoms with van der Waals surface area (Å²) in [5.41, 5.74) is 0. The number of carbonyl (C=O) groups excluding carboxylic acids is 2. The molecule has 0 aromatic rings. The van der Waals surface area contributed by atoms with E-state index in [-0.39, 0.29) is 25.7 Å². The van der Waals surface area contributed by atoms with Crippen molar-refractivity contribution in [1.29, 1.82) is 0 Å². The molecule has 0 aromatic heterocycles. The summed E-state index contributed by atoms with van der Waals surface area (Å²) in [5.74, 6) is -4.07. The van der Waals surface area contributed by atoms with Crippen molar-refractivity contribution in [2.45, 2.75) is 208 Å². The van der Waals surface area contributed by atoms with Gasteiger partial charge < -0.3 is 47.4 Å². The minimum Gasteiger partial charge on any atom is -0.435 e. The number of esters is 2. The van der Waals surface area contributed by atoms with Gasteiger partial charge in [0.05, 0.1) is 78.5 Å². The number of hydrogen-bond donors (Lipinski definition) is 0. The normalized spacial score (nSPS) is 13.3. The largest absolute Gasteiger partial charge is 0.435 e. The van der Waals surface area contributed by atoms with E-state index in [1.54, 1.807) is 0 Å². The maximum absolute atomic E-state index is 13.3. The van der Waals surface area contributed by atoms with Crippen LogP contribution in [0.5, 0.6) is 0 Å². The van der Waals surface area contributed by atoms with Gasteiger partial charge in [-0.15, -0.1) is 0 Å². The van der Waals surface area contributed by atoms with E-state index in [9.17, 15) is 9.59 Å². The quantitative estimate of drug-likeness (QED) is 0.0333. The van der Waals surface area contributed by atoms with Gasteiger partial charge in [-0.1, -0.05) is 107 Å². The summed E-state index contributed by atoms with van der Waals surface area (Å²) < 4.78 is 60.8. The molecule has 2 atom stereocenters. The fourth-order valence-corrected chi connectivity index (χ4v) is 5.28. The van der Waals surface area contributed by atoms with E-state index in [0.29, 0.717) is 52.9 Å². The molecular formula is C42H82O12. The van der Waals surface area contributed by atoms with Gasteiger partial charge in [-0.2, -0.15) is 0 Å². The van der Waals surface area contributed by atoms with Gasteiger partial charge in [-0.05, 0) is 51.4 Å². The predicted octanol–water partition coefficient (Wildman–Crippen LogP) is 10.1. The highest BCUT2D eigenvalue weighted by Gasteiger charge is 2.40. The van der Waals surface area contributed by atoms with Crippen LogP contribution in [0.25, 0.3) is 0 Å². The Balaban J connectivity index is 5.89. The van der Waals surface area contributed by atoms with Crippen LogP contribution >= 0.6 is 0 Å². The first-order valence-electron chi connectivity index (χ1n) is 21.7. The number of ether oxygens (including phenoxy) is 10. The summed E-state index contributed by atoms with van der Waals surface area (Å²) in [6.45, 7) is 19.6. The third-order valence-corrected chi connectivity index (χ3v) is 8.15. The van der Waals surface area contributed by atoms with Gasteiger partial charge in [0.2, 0.25) is 12.6 Å². The Morgan fingerprint density at radius 2 is 0.648 bits per heavy atom. The first-order valence-corrected chi connectivity index (χ1v) is 21.7. The Bertz CT molecular complexity index is 746. The Kier molecular flexibility index (Phi) is 35.1. The van der Waals surface area contributed by atoms with Crippen LogP contribution in [-0.2, 0) is 57.0 Å². The van der Waals surface area contributed by atoms with E-state index in [1.807, 2.05) is 41.5 Å². The molecule has 0 fully saturated rings. The van der Waals surface area contributed by atoms with E-state index in [1.165, 1.54) is 0 Å². The summed E-state index contributed by atoms with van der Waals surface area (Å²) in [5, 5.41) is 0. The molecule has 0 aliphatic heterocycles. The lowest BCUT2D eigenvalue weighted by Crippen LogP contribution is -2.45. The van der Waals surface area contributed by atoms with Gasteiger partial charge in [-0.3, -0.25) is 9.59 Å². The molecule has 0 N–H and O–H groups in total. The maximum atomic E-state index is 13.3. The van der Waals surface area contributed by atoms with E-state index in [0.717, 1.165) is 103 Å². The van der Waals surface area contributed by atoms with E-state index < -0.39 is 36.5 Å². The zero-order chi connectivity index (χ0) is 40.2. The molecule has 0 rings (SSSR count). The highest BCUT2D eigenvalue weighted by Crippen LogP contribution is 2.28. The Morgan fingerprint density at radius 3 is 0.907 bits per heavy atom. The molecule has 0 aromatic carbocycles. The monoisotopic (exact) mass is 779 g/mol. The SMILES string of the molecule is CCCCCCCOC(CC(OCCC)(OCCC)OCCC)OC(=O)CCC(=O)OC(CC(OCCC)(OCCC)OCCC)OCCCCCCC. The summed E-state index contributed by atoms with van der Waals surface area (Å²) in [6.07, 6.45) is 12.6. The van der Waals surface area contributed by atoms with Crippen LogP contribution in [0, 0.1) is 0 Å². The van der Waals surface area contributed by atoms with Gasteiger partial charge in [-0.25, -0.2) is 0 Å². The third kappa shape index (κ3) is 27.3. The lowest BCUT2D eigenvalue weighted by Gasteiger charge is -2.35. The topological polar surface area (TPSA) is 126 Å². The number of rotatable bonds is 41. The summed E-state index contributed by atoms with van der Waals surface area (Å²) in [4.78, 5) is 26.6. The maximum Gasteiger partial charge on any atom is 0.308 e. The van der Waals surface area contributed by atoms with Crippen molar-refractivity contribution in [2.75, 3.05) is 52.9 Å². The molecule has 2 unspecified atom stereocenters. The van der Waals surface area contributed by atoms with Crippen LogP contribution in [0.15, 0.2) is 0 Å². The zero-order valence-corrected chi connectivity index (χ0v) is 35.9. The van der Waals surface area contributed by atoms with Crippen molar-refractivity contribution in [3.8, 4) is 0 Å².